The van der Waals surface area contributed by atoms with Crippen molar-refractivity contribution in [1.29, 1.82) is 0 Å². The van der Waals surface area contributed by atoms with Gasteiger partial charge in [-0.1, -0.05) is 57.7 Å². The van der Waals surface area contributed by atoms with Crippen LogP contribution in [-0.4, -0.2) is 72.4 Å². The molecular weight excluding hydrogens is 660 g/mol. The maximum absolute atomic E-state index is 13.3. The summed E-state index contributed by atoms with van der Waals surface area (Å²) in [5.41, 5.74) is -0.281. The molecule has 0 radical (unpaired) electrons. The molecule has 0 spiro atoms. The van der Waals surface area contributed by atoms with E-state index < -0.39 is 95.1 Å². The summed E-state index contributed by atoms with van der Waals surface area (Å²) >= 11 is 0. The molecule has 1 aromatic rings. The highest BCUT2D eigenvalue weighted by molar-refractivity contribution is 5.87. The molecular formula is C39H48O12. The van der Waals surface area contributed by atoms with Gasteiger partial charge in [-0.3, -0.25) is 24.0 Å². The van der Waals surface area contributed by atoms with Crippen LogP contribution in [0, 0.1) is 22.7 Å². The Labute approximate surface area is 298 Å². The minimum Gasteiger partial charge on any atom is -0.462 e. The van der Waals surface area contributed by atoms with Crippen LogP contribution in [0.5, 0.6) is 0 Å². The fourth-order valence-electron chi connectivity index (χ4n) is 8.51. The van der Waals surface area contributed by atoms with Crippen LogP contribution in [0.15, 0.2) is 59.7 Å². The third-order valence-corrected chi connectivity index (χ3v) is 10.5. The first-order chi connectivity index (χ1) is 23.8. The van der Waals surface area contributed by atoms with E-state index in [4.69, 9.17) is 28.4 Å². The standard InChI is InChI=1S/C39H48O12/c1-20-29(46-22(3)40)18-28-35(48-24(5)42)34-21(2)30(51-32(45)17-16-27-14-12-11-13-15-27)19-31(47-23(4)41)39(34,10)37(50-26(7)44)36(49-25(6)43)33(20)38(28,8)9/h11-17,28-31,34-37H,2,18-19H2,1,3-10H3/b17-16+. The van der Waals surface area contributed by atoms with Crippen LogP contribution < -0.4 is 0 Å². The summed E-state index contributed by atoms with van der Waals surface area (Å²) in [7, 11) is 0. The summed E-state index contributed by atoms with van der Waals surface area (Å²) in [6, 6.07) is 9.13. The summed E-state index contributed by atoms with van der Waals surface area (Å²) in [5, 5.41) is 0. The molecule has 9 unspecified atom stereocenters. The van der Waals surface area contributed by atoms with Crippen molar-refractivity contribution < 1.29 is 57.2 Å². The van der Waals surface area contributed by atoms with Gasteiger partial charge in [0, 0.05) is 59.0 Å². The summed E-state index contributed by atoms with van der Waals surface area (Å²) in [4.78, 5) is 77.4. The second-order valence-electron chi connectivity index (χ2n) is 14.3. The highest BCUT2D eigenvalue weighted by Crippen LogP contribution is 2.61. The molecule has 2 saturated carbocycles. The Kier molecular flexibility index (Phi) is 11.7. The molecule has 0 aliphatic heterocycles. The van der Waals surface area contributed by atoms with Crippen LogP contribution in [0.4, 0.5) is 0 Å². The SMILES string of the molecule is C=C1C(OC(=O)/C=C/c2ccccc2)CC(OC(C)=O)C2(C)C(OC(C)=O)C(OC(C)=O)C3=C(C)C(OC(C)=O)CC(C(OC(C)=O)C12)C3(C)C. The molecule has 3 aliphatic carbocycles. The number of fused-ring (bicyclic) bond motifs is 3. The molecule has 4 rings (SSSR count). The van der Waals surface area contributed by atoms with E-state index in [-0.39, 0.29) is 12.8 Å². The highest BCUT2D eigenvalue weighted by atomic mass is 16.6. The van der Waals surface area contributed by atoms with Gasteiger partial charge in [-0.05, 0) is 47.1 Å². The molecule has 12 heteroatoms. The molecule has 0 heterocycles. The molecule has 1 aromatic carbocycles. The van der Waals surface area contributed by atoms with E-state index in [9.17, 15) is 28.8 Å². The normalized spacial score (nSPS) is 31.3. The summed E-state index contributed by atoms with van der Waals surface area (Å²) < 4.78 is 36.2. The van der Waals surface area contributed by atoms with Crippen molar-refractivity contribution in [2.45, 2.75) is 112 Å². The van der Waals surface area contributed by atoms with Crippen molar-refractivity contribution in [1.82, 2.24) is 0 Å². The zero-order chi connectivity index (χ0) is 38.0. The Morgan fingerprint density at radius 3 is 1.84 bits per heavy atom. The van der Waals surface area contributed by atoms with Gasteiger partial charge in [0.15, 0.2) is 12.2 Å². The predicted octanol–water partition coefficient (Wildman–Crippen LogP) is 5.23. The van der Waals surface area contributed by atoms with Crippen LogP contribution in [0.3, 0.4) is 0 Å². The van der Waals surface area contributed by atoms with E-state index in [0.717, 1.165) is 5.56 Å². The molecule has 0 aromatic heterocycles. The molecule has 276 valence electrons. The van der Waals surface area contributed by atoms with Crippen molar-refractivity contribution >= 4 is 41.9 Å². The van der Waals surface area contributed by atoms with Gasteiger partial charge in [0.25, 0.3) is 0 Å². The molecule has 2 bridgehead atoms. The quantitative estimate of drug-likeness (QED) is 0.150. The van der Waals surface area contributed by atoms with Crippen LogP contribution in [0.1, 0.15) is 80.7 Å². The maximum atomic E-state index is 13.3. The van der Waals surface area contributed by atoms with E-state index >= 15 is 0 Å². The van der Waals surface area contributed by atoms with Gasteiger partial charge >= 0.3 is 35.8 Å². The Morgan fingerprint density at radius 1 is 0.725 bits per heavy atom. The third-order valence-electron chi connectivity index (χ3n) is 10.5. The fraction of sp³-hybridized carbons (Fsp3) is 0.538. The first-order valence-electron chi connectivity index (χ1n) is 17.0. The van der Waals surface area contributed by atoms with Gasteiger partial charge in [0.1, 0.15) is 24.4 Å². The zero-order valence-electron chi connectivity index (χ0n) is 30.7. The van der Waals surface area contributed by atoms with Gasteiger partial charge in [0.2, 0.25) is 0 Å². The molecule has 3 aliphatic rings. The van der Waals surface area contributed by atoms with Gasteiger partial charge in [-0.15, -0.1) is 0 Å². The second-order valence-corrected chi connectivity index (χ2v) is 14.3. The third kappa shape index (κ3) is 8.10. The van der Waals surface area contributed by atoms with Gasteiger partial charge in [-0.25, -0.2) is 4.79 Å². The molecule has 0 amide bonds. The second kappa shape index (κ2) is 15.2. The first kappa shape index (κ1) is 39.1. The number of benzene rings is 1. The van der Waals surface area contributed by atoms with Crippen LogP contribution in [0.25, 0.3) is 6.08 Å². The maximum Gasteiger partial charge on any atom is 0.331 e. The lowest BCUT2D eigenvalue weighted by Gasteiger charge is -2.61. The molecule has 51 heavy (non-hydrogen) atoms. The largest absolute Gasteiger partial charge is 0.462 e. The summed E-state index contributed by atoms with van der Waals surface area (Å²) in [6.07, 6.45) is -3.79. The average molecular weight is 709 g/mol. The monoisotopic (exact) mass is 708 g/mol. The van der Waals surface area contributed by atoms with Crippen molar-refractivity contribution in [3.63, 3.8) is 0 Å². The Hall–Kier alpha value is -4.74. The van der Waals surface area contributed by atoms with E-state index in [1.54, 1.807) is 19.9 Å². The van der Waals surface area contributed by atoms with Crippen molar-refractivity contribution in [2.75, 3.05) is 0 Å². The highest BCUT2D eigenvalue weighted by Gasteiger charge is 2.68. The van der Waals surface area contributed by atoms with Crippen LogP contribution >= 0.6 is 0 Å². The fourth-order valence-corrected chi connectivity index (χ4v) is 8.51. The minimum atomic E-state index is -1.49. The zero-order valence-corrected chi connectivity index (χ0v) is 30.7. The molecule has 0 saturated heterocycles. The Balaban J connectivity index is 2.02. The molecule has 0 N–H and O–H groups in total. The topological polar surface area (TPSA) is 158 Å². The molecule has 9 atom stereocenters. The van der Waals surface area contributed by atoms with Crippen molar-refractivity contribution in [3.05, 3.63) is 65.3 Å². The predicted molar refractivity (Wildman–Crippen MR) is 183 cm³/mol. The van der Waals surface area contributed by atoms with Gasteiger partial charge in [0.05, 0.1) is 5.41 Å². The number of carbonyl (C=O) groups is 6. The molecule has 2 fully saturated rings. The molecule has 12 nitrogen and oxygen atoms in total. The van der Waals surface area contributed by atoms with E-state index in [1.165, 1.54) is 40.7 Å². The van der Waals surface area contributed by atoms with Gasteiger partial charge in [-0.2, -0.15) is 0 Å². The Morgan fingerprint density at radius 2 is 1.29 bits per heavy atom. The van der Waals surface area contributed by atoms with Crippen LogP contribution in [0.2, 0.25) is 0 Å². The lowest BCUT2D eigenvalue weighted by Crippen LogP contribution is -2.68. The smallest absolute Gasteiger partial charge is 0.331 e. The lowest BCUT2D eigenvalue weighted by molar-refractivity contribution is -0.230. The number of rotatable bonds is 8. The van der Waals surface area contributed by atoms with Crippen molar-refractivity contribution in [2.24, 2.45) is 22.7 Å². The number of carbonyl (C=O) groups excluding carboxylic acids is 6. The lowest BCUT2D eigenvalue weighted by atomic mass is 9.48. The van der Waals surface area contributed by atoms with Crippen molar-refractivity contribution in [3.8, 4) is 0 Å². The number of ether oxygens (including phenoxy) is 6. The first-order valence-corrected chi connectivity index (χ1v) is 17.0. The minimum absolute atomic E-state index is 0.101. The number of hydrogen-bond donors (Lipinski definition) is 0. The van der Waals surface area contributed by atoms with Gasteiger partial charge < -0.3 is 28.4 Å². The van der Waals surface area contributed by atoms with Crippen LogP contribution in [-0.2, 0) is 57.2 Å². The summed E-state index contributed by atoms with van der Waals surface area (Å²) in [5.74, 6) is -5.65. The average Bonchev–Trinajstić information content (AvgIpc) is 3.01. The Bertz CT molecular complexity index is 1640. The van der Waals surface area contributed by atoms with E-state index in [0.29, 0.717) is 16.7 Å². The number of hydrogen-bond acceptors (Lipinski definition) is 12. The number of esters is 6. The van der Waals surface area contributed by atoms with E-state index in [1.807, 2.05) is 44.2 Å². The van der Waals surface area contributed by atoms with E-state index in [2.05, 4.69) is 6.58 Å². The summed E-state index contributed by atoms with van der Waals surface area (Å²) in [6.45, 7) is 17.8.